The molecule has 0 aliphatic carbocycles. The van der Waals surface area contributed by atoms with E-state index >= 15 is 0 Å². The van der Waals surface area contributed by atoms with Crippen molar-refractivity contribution in [3.8, 4) is 0 Å². The van der Waals surface area contributed by atoms with Crippen LogP contribution in [0.15, 0.2) is 35.8 Å². The third-order valence-corrected chi connectivity index (χ3v) is 2.22. The summed E-state index contributed by atoms with van der Waals surface area (Å²) in [6.07, 6.45) is 1.81. The Kier molecular flexibility index (Phi) is 3.63. The molecule has 0 saturated heterocycles. The Hall–Kier alpha value is -1.37. The summed E-state index contributed by atoms with van der Waals surface area (Å²) in [5, 5.41) is 0. The molecule has 0 saturated carbocycles. The highest BCUT2D eigenvalue weighted by atomic mass is 14.7. The van der Waals surface area contributed by atoms with E-state index in [-0.39, 0.29) is 0 Å². The van der Waals surface area contributed by atoms with E-state index in [1.165, 1.54) is 0 Å². The van der Waals surface area contributed by atoms with Crippen LogP contribution < -0.4 is 0 Å². The molecule has 0 aliphatic heterocycles. The molecule has 0 N–H and O–H groups in total. The monoisotopic (exact) mass is 187 g/mol. The average Bonchev–Trinajstić information content (AvgIpc) is 2.18. The zero-order valence-corrected chi connectivity index (χ0v) is 9.12. The largest absolute Gasteiger partial charge is 0.261 e. The van der Waals surface area contributed by atoms with E-state index in [0.717, 1.165) is 16.8 Å². The molecule has 0 radical (unpaired) electrons. The van der Waals surface area contributed by atoms with Gasteiger partial charge in [-0.1, -0.05) is 38.6 Å². The van der Waals surface area contributed by atoms with Crippen LogP contribution in [0.25, 0.3) is 5.57 Å². The fourth-order valence-electron chi connectivity index (χ4n) is 1.31. The Balaban J connectivity index is 3.13. The number of hydrogen-bond donors (Lipinski definition) is 0. The Morgan fingerprint density at radius 1 is 1.36 bits per heavy atom. The van der Waals surface area contributed by atoms with E-state index in [1.54, 1.807) is 0 Å². The highest BCUT2D eigenvalue weighted by Gasteiger charge is 2.06. The summed E-state index contributed by atoms with van der Waals surface area (Å²) in [5.41, 5.74) is 3.31. The Morgan fingerprint density at radius 2 is 2.00 bits per heavy atom. The fraction of sp³-hybridized carbons (Fsp3) is 0.308. The van der Waals surface area contributed by atoms with Crippen LogP contribution >= 0.6 is 0 Å². The van der Waals surface area contributed by atoms with Crippen molar-refractivity contribution in [1.82, 2.24) is 0 Å². The smallest absolute Gasteiger partial charge is 0.0700 e. The molecule has 1 heteroatoms. The summed E-state index contributed by atoms with van der Waals surface area (Å²) < 4.78 is 0. The number of benzene rings is 1. The lowest BCUT2D eigenvalue weighted by Gasteiger charge is -2.11. The summed E-state index contributed by atoms with van der Waals surface area (Å²) in [5.74, 6) is 0.461. The van der Waals surface area contributed by atoms with Gasteiger partial charge < -0.3 is 0 Å². The number of allylic oxidation sites excluding steroid dienone is 1. The van der Waals surface area contributed by atoms with Gasteiger partial charge in [0.1, 0.15) is 0 Å². The van der Waals surface area contributed by atoms with E-state index in [9.17, 15) is 0 Å². The van der Waals surface area contributed by atoms with Crippen LogP contribution in [0.5, 0.6) is 0 Å². The van der Waals surface area contributed by atoms with Gasteiger partial charge in [0.05, 0.1) is 5.69 Å². The maximum Gasteiger partial charge on any atom is 0.0700 e. The van der Waals surface area contributed by atoms with E-state index in [4.69, 9.17) is 0 Å². The second-order valence-electron chi connectivity index (χ2n) is 3.58. The predicted octanol–water partition coefficient (Wildman–Crippen LogP) is 4.08. The molecule has 0 heterocycles. The van der Waals surface area contributed by atoms with Gasteiger partial charge in [-0.2, -0.15) is 0 Å². The van der Waals surface area contributed by atoms with Crippen molar-refractivity contribution < 1.29 is 0 Å². The first kappa shape index (κ1) is 10.7. The minimum Gasteiger partial charge on any atom is -0.261 e. The van der Waals surface area contributed by atoms with Gasteiger partial charge >= 0.3 is 0 Å². The molecule has 0 atom stereocenters. The van der Waals surface area contributed by atoms with Crippen LogP contribution in [-0.4, -0.2) is 6.21 Å². The molecule has 0 fully saturated rings. The molecule has 0 spiro atoms. The molecule has 14 heavy (non-hydrogen) atoms. The average molecular weight is 187 g/mol. The topological polar surface area (TPSA) is 12.4 Å². The minimum atomic E-state index is 0.461. The van der Waals surface area contributed by atoms with Crippen LogP contribution in [0, 0.1) is 5.92 Å². The lowest BCUT2D eigenvalue weighted by Crippen LogP contribution is -1.92. The number of aliphatic imine (C=N–C) groups is 1. The first-order valence-corrected chi connectivity index (χ1v) is 4.93. The zero-order chi connectivity index (χ0) is 10.6. The van der Waals surface area contributed by atoms with Crippen LogP contribution in [0.2, 0.25) is 0 Å². The standard InChI is InChI=1S/C13H17N/c1-5-14-13-9-7-6-8-12(13)11(4)10(2)3/h5-10H,4H2,1-3H3. The van der Waals surface area contributed by atoms with Gasteiger partial charge in [-0.25, -0.2) is 0 Å². The van der Waals surface area contributed by atoms with Crippen molar-refractivity contribution >= 4 is 17.5 Å². The van der Waals surface area contributed by atoms with Gasteiger partial charge in [-0.3, -0.25) is 4.99 Å². The third-order valence-electron chi connectivity index (χ3n) is 2.22. The molecule has 1 rings (SSSR count). The van der Waals surface area contributed by atoms with Crippen LogP contribution in [-0.2, 0) is 0 Å². The Bertz CT molecular complexity index is 348. The van der Waals surface area contributed by atoms with Crippen LogP contribution in [0.3, 0.4) is 0 Å². The van der Waals surface area contributed by atoms with Gasteiger partial charge in [0.2, 0.25) is 0 Å². The number of nitrogens with zero attached hydrogens (tertiary/aromatic N) is 1. The van der Waals surface area contributed by atoms with Crippen LogP contribution in [0.1, 0.15) is 26.3 Å². The third kappa shape index (κ3) is 2.32. The first-order valence-electron chi connectivity index (χ1n) is 4.93. The second kappa shape index (κ2) is 4.75. The SMILES string of the molecule is C=C(c1ccccc1N=CC)C(C)C. The lowest BCUT2D eigenvalue weighted by atomic mass is 9.96. The number of para-hydroxylation sites is 1. The van der Waals surface area contributed by atoms with Gasteiger partial charge in [-0.15, -0.1) is 0 Å². The molecule has 1 nitrogen and oxygen atoms in total. The molecule has 1 aromatic carbocycles. The van der Waals surface area contributed by atoms with Gasteiger partial charge in [0.25, 0.3) is 0 Å². The quantitative estimate of drug-likeness (QED) is 0.632. The maximum atomic E-state index is 4.32. The van der Waals surface area contributed by atoms with E-state index < -0.39 is 0 Å². The zero-order valence-electron chi connectivity index (χ0n) is 9.12. The minimum absolute atomic E-state index is 0.461. The first-order chi connectivity index (χ1) is 6.66. The van der Waals surface area contributed by atoms with E-state index in [2.05, 4.69) is 31.5 Å². The van der Waals surface area contributed by atoms with E-state index in [0.29, 0.717) is 5.92 Å². The summed E-state index contributed by atoms with van der Waals surface area (Å²) >= 11 is 0. The molecule has 74 valence electrons. The molecule has 0 amide bonds. The van der Waals surface area contributed by atoms with E-state index in [1.807, 2.05) is 31.3 Å². The van der Waals surface area contributed by atoms with Gasteiger partial charge in [-0.05, 0) is 24.5 Å². The molecule has 0 unspecified atom stereocenters. The molecule has 1 aromatic rings. The lowest BCUT2D eigenvalue weighted by molar-refractivity contribution is 0.858. The molecular weight excluding hydrogens is 170 g/mol. The van der Waals surface area contributed by atoms with Crippen molar-refractivity contribution in [2.75, 3.05) is 0 Å². The molecular formula is C13H17N. The predicted molar refractivity (Wildman–Crippen MR) is 64.1 cm³/mol. The van der Waals surface area contributed by atoms with Crippen molar-refractivity contribution in [3.05, 3.63) is 36.4 Å². The van der Waals surface area contributed by atoms with Crippen molar-refractivity contribution in [1.29, 1.82) is 0 Å². The highest BCUT2D eigenvalue weighted by Crippen LogP contribution is 2.29. The summed E-state index contributed by atoms with van der Waals surface area (Å²) in [6, 6.07) is 8.12. The summed E-state index contributed by atoms with van der Waals surface area (Å²) in [4.78, 5) is 4.32. The Labute approximate surface area is 86.2 Å². The second-order valence-corrected chi connectivity index (χ2v) is 3.58. The van der Waals surface area contributed by atoms with Gasteiger partial charge in [0.15, 0.2) is 0 Å². The number of rotatable bonds is 3. The van der Waals surface area contributed by atoms with Crippen molar-refractivity contribution in [2.24, 2.45) is 10.9 Å². The summed E-state index contributed by atoms with van der Waals surface area (Å²) in [6.45, 7) is 10.3. The summed E-state index contributed by atoms with van der Waals surface area (Å²) in [7, 11) is 0. The number of hydrogen-bond acceptors (Lipinski definition) is 1. The van der Waals surface area contributed by atoms with Crippen molar-refractivity contribution in [3.63, 3.8) is 0 Å². The van der Waals surface area contributed by atoms with Crippen LogP contribution in [0.4, 0.5) is 5.69 Å². The van der Waals surface area contributed by atoms with Crippen molar-refractivity contribution in [2.45, 2.75) is 20.8 Å². The molecule has 0 aliphatic rings. The van der Waals surface area contributed by atoms with Gasteiger partial charge in [0, 0.05) is 11.8 Å². The maximum absolute atomic E-state index is 4.32. The fourth-order valence-corrected chi connectivity index (χ4v) is 1.31. The molecule has 0 aromatic heterocycles. The highest BCUT2D eigenvalue weighted by molar-refractivity contribution is 5.76. The molecule has 0 bridgehead atoms. The normalized spacial score (nSPS) is 11.1. The Morgan fingerprint density at radius 3 is 2.57 bits per heavy atom.